The fourth-order valence-corrected chi connectivity index (χ4v) is 3.17. The number of nitrogens with zero attached hydrogens (tertiary/aromatic N) is 2. The Balaban J connectivity index is 0.00000264. The number of aromatic hydroxyl groups is 1. The maximum absolute atomic E-state index is 9.96. The van der Waals surface area contributed by atoms with Gasteiger partial charge in [0.2, 0.25) is 0 Å². The first-order valence-electron chi connectivity index (χ1n) is 7.85. The lowest BCUT2D eigenvalue weighted by Crippen LogP contribution is -2.48. The number of methoxy groups -OCH3 is 1. The molecule has 1 saturated heterocycles. The second-order valence-electron chi connectivity index (χ2n) is 6.25. The van der Waals surface area contributed by atoms with E-state index in [0.717, 1.165) is 30.4 Å². The molecule has 1 aliphatic rings. The molecule has 0 aromatic heterocycles. The monoisotopic (exact) mass is 433 g/mol. The standard InChI is InChI=1S/C17H27N3O2.HI/c1-12-7-13(2)11-20(10-12)17(18-3)19-9-14-8-15(22-4)5-6-16(14)21;/h5-6,8,12-13,21H,7,9-11H2,1-4H3,(H,18,19);1H. The van der Waals surface area contributed by atoms with Crippen molar-refractivity contribution in [2.24, 2.45) is 16.8 Å². The molecule has 1 aliphatic heterocycles. The molecule has 2 N–H and O–H groups in total. The van der Waals surface area contributed by atoms with Gasteiger partial charge in [-0.3, -0.25) is 4.99 Å². The quantitative estimate of drug-likeness (QED) is 0.437. The van der Waals surface area contributed by atoms with Crippen LogP contribution < -0.4 is 10.1 Å². The number of hydrogen-bond acceptors (Lipinski definition) is 3. The average Bonchev–Trinajstić information content (AvgIpc) is 2.48. The largest absolute Gasteiger partial charge is 0.508 e. The molecule has 2 atom stereocenters. The van der Waals surface area contributed by atoms with Gasteiger partial charge in [0.15, 0.2) is 5.96 Å². The zero-order valence-electron chi connectivity index (χ0n) is 14.4. The number of phenols is 1. The molecule has 2 unspecified atom stereocenters. The van der Waals surface area contributed by atoms with Gasteiger partial charge in [-0.2, -0.15) is 0 Å². The number of aliphatic imine (C=N–C) groups is 1. The first-order valence-corrected chi connectivity index (χ1v) is 7.85. The molecular formula is C17H28IN3O2. The topological polar surface area (TPSA) is 57.1 Å². The third-order valence-electron chi connectivity index (χ3n) is 4.10. The van der Waals surface area contributed by atoms with Gasteiger partial charge in [-0.1, -0.05) is 13.8 Å². The number of nitrogens with one attached hydrogen (secondary N) is 1. The number of ether oxygens (including phenoxy) is 1. The summed E-state index contributed by atoms with van der Waals surface area (Å²) in [6.07, 6.45) is 1.27. The van der Waals surface area contributed by atoms with Crippen LogP contribution in [0.2, 0.25) is 0 Å². The minimum absolute atomic E-state index is 0. The molecule has 5 nitrogen and oxygen atoms in total. The van der Waals surface area contributed by atoms with E-state index in [1.165, 1.54) is 6.42 Å². The second kappa shape index (κ2) is 9.20. The van der Waals surface area contributed by atoms with Crippen LogP contribution in [0.3, 0.4) is 0 Å². The van der Waals surface area contributed by atoms with Crippen molar-refractivity contribution in [2.75, 3.05) is 27.2 Å². The predicted octanol–water partition coefficient (Wildman–Crippen LogP) is 3.07. The Hall–Kier alpha value is -1.18. The lowest BCUT2D eigenvalue weighted by molar-refractivity contribution is 0.208. The number of hydrogen-bond donors (Lipinski definition) is 2. The van der Waals surface area contributed by atoms with Crippen LogP contribution in [0, 0.1) is 11.8 Å². The van der Waals surface area contributed by atoms with E-state index in [2.05, 4.69) is 29.1 Å². The summed E-state index contributed by atoms with van der Waals surface area (Å²) in [5.74, 6) is 3.25. The number of likely N-dealkylation sites (tertiary alicyclic amines) is 1. The molecule has 2 rings (SSSR count). The highest BCUT2D eigenvalue weighted by molar-refractivity contribution is 14.0. The lowest BCUT2D eigenvalue weighted by Gasteiger charge is -2.37. The summed E-state index contributed by atoms with van der Waals surface area (Å²) in [5, 5.41) is 13.3. The Kier molecular flexibility index (Phi) is 7.94. The molecule has 0 saturated carbocycles. The molecular weight excluding hydrogens is 405 g/mol. The van der Waals surface area contributed by atoms with Gasteiger partial charge >= 0.3 is 0 Å². The van der Waals surface area contributed by atoms with Crippen LogP contribution in [0.1, 0.15) is 25.8 Å². The Labute approximate surface area is 156 Å². The van der Waals surface area contributed by atoms with Crippen molar-refractivity contribution in [1.82, 2.24) is 10.2 Å². The molecule has 1 fully saturated rings. The Morgan fingerprint density at radius 2 is 2.00 bits per heavy atom. The number of piperidine rings is 1. The van der Waals surface area contributed by atoms with Gasteiger partial charge in [-0.25, -0.2) is 0 Å². The molecule has 6 heteroatoms. The van der Waals surface area contributed by atoms with E-state index >= 15 is 0 Å². The average molecular weight is 433 g/mol. The highest BCUT2D eigenvalue weighted by Gasteiger charge is 2.24. The molecule has 1 aromatic carbocycles. The van der Waals surface area contributed by atoms with Crippen molar-refractivity contribution in [3.05, 3.63) is 23.8 Å². The molecule has 0 amide bonds. The molecule has 130 valence electrons. The van der Waals surface area contributed by atoms with Gasteiger partial charge in [0.1, 0.15) is 11.5 Å². The van der Waals surface area contributed by atoms with Crippen molar-refractivity contribution in [3.8, 4) is 11.5 Å². The van der Waals surface area contributed by atoms with E-state index < -0.39 is 0 Å². The maximum Gasteiger partial charge on any atom is 0.193 e. The molecule has 0 aliphatic carbocycles. The molecule has 0 radical (unpaired) electrons. The van der Waals surface area contributed by atoms with Gasteiger partial charge in [-0.15, -0.1) is 24.0 Å². The Bertz CT molecular complexity index is 527. The minimum Gasteiger partial charge on any atom is -0.508 e. The van der Waals surface area contributed by atoms with Crippen LogP contribution in [0.15, 0.2) is 23.2 Å². The third-order valence-corrected chi connectivity index (χ3v) is 4.10. The summed E-state index contributed by atoms with van der Waals surface area (Å²) in [5.41, 5.74) is 0.804. The van der Waals surface area contributed by atoms with Crippen molar-refractivity contribution in [1.29, 1.82) is 0 Å². The summed E-state index contributed by atoms with van der Waals surface area (Å²) in [4.78, 5) is 6.69. The summed E-state index contributed by atoms with van der Waals surface area (Å²) in [6.45, 7) is 7.13. The predicted molar refractivity (Wildman–Crippen MR) is 105 cm³/mol. The molecule has 0 bridgehead atoms. The summed E-state index contributed by atoms with van der Waals surface area (Å²) < 4.78 is 5.21. The Morgan fingerprint density at radius 3 is 2.57 bits per heavy atom. The highest BCUT2D eigenvalue weighted by Crippen LogP contribution is 2.23. The normalized spacial score (nSPS) is 21.6. The summed E-state index contributed by atoms with van der Waals surface area (Å²) >= 11 is 0. The molecule has 1 aromatic rings. The van der Waals surface area contributed by atoms with Gasteiger partial charge in [0.05, 0.1) is 7.11 Å². The van der Waals surface area contributed by atoms with Crippen LogP contribution in [0.4, 0.5) is 0 Å². The van der Waals surface area contributed by atoms with E-state index in [-0.39, 0.29) is 29.7 Å². The Morgan fingerprint density at radius 1 is 1.35 bits per heavy atom. The van der Waals surface area contributed by atoms with Crippen molar-refractivity contribution in [2.45, 2.75) is 26.8 Å². The number of benzene rings is 1. The maximum atomic E-state index is 9.96. The highest BCUT2D eigenvalue weighted by atomic mass is 127. The van der Waals surface area contributed by atoms with Crippen LogP contribution in [-0.4, -0.2) is 43.2 Å². The zero-order valence-corrected chi connectivity index (χ0v) is 16.7. The molecule has 1 heterocycles. The van der Waals surface area contributed by atoms with E-state index in [4.69, 9.17) is 4.74 Å². The molecule has 0 spiro atoms. The van der Waals surface area contributed by atoms with Crippen molar-refractivity contribution >= 4 is 29.9 Å². The van der Waals surface area contributed by atoms with E-state index in [1.807, 2.05) is 6.07 Å². The zero-order chi connectivity index (χ0) is 16.1. The number of phenolic OH excluding ortho intramolecular Hbond substituents is 1. The van der Waals surface area contributed by atoms with Crippen LogP contribution >= 0.6 is 24.0 Å². The van der Waals surface area contributed by atoms with E-state index in [0.29, 0.717) is 18.4 Å². The second-order valence-corrected chi connectivity index (χ2v) is 6.25. The minimum atomic E-state index is 0. The third kappa shape index (κ3) is 5.44. The first-order chi connectivity index (χ1) is 10.5. The van der Waals surface area contributed by atoms with Crippen molar-refractivity contribution < 1.29 is 9.84 Å². The van der Waals surface area contributed by atoms with Gasteiger partial charge in [-0.05, 0) is 36.5 Å². The van der Waals surface area contributed by atoms with Gasteiger partial charge in [0, 0.05) is 32.2 Å². The van der Waals surface area contributed by atoms with Crippen molar-refractivity contribution in [3.63, 3.8) is 0 Å². The van der Waals surface area contributed by atoms with Crippen LogP contribution in [0.25, 0.3) is 0 Å². The van der Waals surface area contributed by atoms with E-state index in [9.17, 15) is 5.11 Å². The number of guanidine groups is 1. The number of halogens is 1. The van der Waals surface area contributed by atoms with Gasteiger partial charge in [0.25, 0.3) is 0 Å². The first kappa shape index (κ1) is 19.9. The molecule has 23 heavy (non-hydrogen) atoms. The summed E-state index contributed by atoms with van der Waals surface area (Å²) in [6, 6.07) is 5.25. The number of rotatable bonds is 3. The summed E-state index contributed by atoms with van der Waals surface area (Å²) in [7, 11) is 3.43. The fraction of sp³-hybridized carbons (Fsp3) is 0.588. The van der Waals surface area contributed by atoms with E-state index in [1.54, 1.807) is 26.3 Å². The SMILES string of the molecule is CN=C(NCc1cc(OC)ccc1O)N1CC(C)CC(C)C1.I. The smallest absolute Gasteiger partial charge is 0.193 e. The van der Waals surface area contributed by atoms with Crippen LogP contribution in [0.5, 0.6) is 11.5 Å². The van der Waals surface area contributed by atoms with Gasteiger partial charge < -0.3 is 20.1 Å². The fourth-order valence-electron chi connectivity index (χ4n) is 3.17. The lowest BCUT2D eigenvalue weighted by atomic mass is 9.92. The van der Waals surface area contributed by atoms with Crippen LogP contribution in [-0.2, 0) is 6.54 Å².